The zero-order valence-corrected chi connectivity index (χ0v) is 16.3. The topological polar surface area (TPSA) is 78.5 Å². The highest BCUT2D eigenvalue weighted by atomic mass is 32.2. The Hall–Kier alpha value is -3.23. The highest BCUT2D eigenvalue weighted by Crippen LogP contribution is 2.33. The first-order chi connectivity index (χ1) is 13.9. The second-order valence-corrected chi connectivity index (χ2v) is 8.36. The van der Waals surface area contributed by atoms with Gasteiger partial charge in [-0.25, -0.2) is 17.8 Å². The molecule has 1 aliphatic heterocycles. The van der Waals surface area contributed by atoms with Crippen LogP contribution in [-0.2, 0) is 10.0 Å². The van der Waals surface area contributed by atoms with E-state index in [0.717, 1.165) is 10.6 Å². The van der Waals surface area contributed by atoms with E-state index in [1.807, 2.05) is 6.92 Å². The van der Waals surface area contributed by atoms with Gasteiger partial charge in [0.05, 0.1) is 10.5 Å². The van der Waals surface area contributed by atoms with Crippen LogP contribution in [0.1, 0.15) is 27.7 Å². The first-order valence-electron chi connectivity index (χ1n) is 8.89. The van der Waals surface area contributed by atoms with Crippen molar-refractivity contribution in [1.82, 2.24) is 9.84 Å². The lowest BCUT2D eigenvalue weighted by Crippen LogP contribution is -2.52. The van der Waals surface area contributed by atoms with Crippen LogP contribution in [0.5, 0.6) is 0 Å². The number of halogens is 1. The fourth-order valence-electron chi connectivity index (χ4n) is 3.16. The van der Waals surface area contributed by atoms with E-state index in [1.54, 1.807) is 42.5 Å². The average molecular weight is 411 g/mol. The van der Waals surface area contributed by atoms with Crippen LogP contribution < -0.4 is 10.1 Å². The summed E-state index contributed by atoms with van der Waals surface area (Å²) in [6.07, 6.45) is -1.06. The Labute approximate surface area is 168 Å². The maximum atomic E-state index is 14.5. The van der Waals surface area contributed by atoms with E-state index in [9.17, 15) is 17.6 Å². The normalized spacial score (nSPS) is 16.3. The van der Waals surface area contributed by atoms with Gasteiger partial charge in [-0.3, -0.25) is 4.79 Å². The Morgan fingerprint density at radius 1 is 0.966 bits per heavy atom. The van der Waals surface area contributed by atoms with E-state index in [1.165, 1.54) is 30.3 Å². The predicted octanol–water partition coefficient (Wildman–Crippen LogP) is 3.59. The number of fused-ring (bicyclic) bond motifs is 1. The molecular weight excluding hydrogens is 393 g/mol. The van der Waals surface area contributed by atoms with E-state index in [-0.39, 0.29) is 16.0 Å². The summed E-state index contributed by atoms with van der Waals surface area (Å²) in [7, 11) is -4.07. The molecule has 0 saturated carbocycles. The number of anilines is 1. The largest absolute Gasteiger partial charge is 0.360 e. The van der Waals surface area contributed by atoms with E-state index in [0.29, 0.717) is 5.69 Å². The number of benzene rings is 3. The number of rotatable bonds is 4. The first kappa shape index (κ1) is 19.1. The molecule has 0 aliphatic carbocycles. The summed E-state index contributed by atoms with van der Waals surface area (Å²) in [5, 5.41) is 3.97. The molecule has 0 spiro atoms. The predicted molar refractivity (Wildman–Crippen MR) is 107 cm³/mol. The molecule has 1 heterocycles. The summed E-state index contributed by atoms with van der Waals surface area (Å²) in [4.78, 5) is 15.4. The van der Waals surface area contributed by atoms with Gasteiger partial charge in [0.2, 0.25) is 0 Å². The third-order valence-corrected chi connectivity index (χ3v) is 6.01. The quantitative estimate of drug-likeness (QED) is 0.688. The number of carbonyl (C=O) groups is 1. The molecule has 0 fully saturated rings. The lowest BCUT2D eigenvalue weighted by molar-refractivity contribution is 0.0629. The van der Waals surface area contributed by atoms with Gasteiger partial charge in [0.15, 0.2) is 0 Å². The van der Waals surface area contributed by atoms with Crippen molar-refractivity contribution in [2.45, 2.75) is 18.0 Å². The van der Waals surface area contributed by atoms with Crippen LogP contribution in [0.25, 0.3) is 0 Å². The van der Waals surface area contributed by atoms with E-state index >= 15 is 0 Å². The average Bonchev–Trinajstić information content (AvgIpc) is 2.71. The van der Waals surface area contributed by atoms with E-state index < -0.39 is 27.9 Å². The van der Waals surface area contributed by atoms with Crippen LogP contribution >= 0.6 is 0 Å². The van der Waals surface area contributed by atoms with Crippen LogP contribution in [0.15, 0.2) is 77.7 Å². The van der Waals surface area contributed by atoms with Gasteiger partial charge in [-0.15, -0.1) is 4.83 Å². The number of carbonyl (C=O) groups excluding carboxylic acids is 1. The van der Waals surface area contributed by atoms with Gasteiger partial charge in [0.1, 0.15) is 12.0 Å². The Balaban J connectivity index is 1.78. The van der Waals surface area contributed by atoms with Crippen molar-refractivity contribution in [3.8, 4) is 0 Å². The molecule has 4 rings (SSSR count). The van der Waals surface area contributed by atoms with Gasteiger partial charge in [-0.1, -0.05) is 48.0 Å². The van der Waals surface area contributed by atoms with Gasteiger partial charge in [-0.05, 0) is 37.3 Å². The van der Waals surface area contributed by atoms with Crippen molar-refractivity contribution in [3.63, 3.8) is 0 Å². The van der Waals surface area contributed by atoms with Gasteiger partial charge in [-0.2, -0.15) is 0 Å². The maximum absolute atomic E-state index is 14.5. The molecule has 1 amide bonds. The molecular formula is C21H18FN3O3S. The molecule has 2 N–H and O–H groups in total. The molecule has 1 aliphatic rings. The highest BCUT2D eigenvalue weighted by Gasteiger charge is 2.37. The molecule has 0 unspecified atom stereocenters. The fourth-order valence-corrected chi connectivity index (χ4v) is 4.21. The summed E-state index contributed by atoms with van der Waals surface area (Å²) in [6, 6.07) is 18.8. The van der Waals surface area contributed by atoms with Crippen molar-refractivity contribution in [1.29, 1.82) is 0 Å². The number of nitrogens with zero attached hydrogens (tertiary/aromatic N) is 1. The second kappa shape index (κ2) is 7.31. The molecule has 0 aromatic heterocycles. The molecule has 3 aromatic rings. The lowest BCUT2D eigenvalue weighted by atomic mass is 10.0. The van der Waals surface area contributed by atoms with Crippen LogP contribution in [0, 0.1) is 12.7 Å². The summed E-state index contributed by atoms with van der Waals surface area (Å²) in [6.45, 7) is 1.84. The minimum Gasteiger partial charge on any atom is -0.360 e. The highest BCUT2D eigenvalue weighted by molar-refractivity contribution is 7.89. The zero-order valence-electron chi connectivity index (χ0n) is 15.5. The smallest absolute Gasteiger partial charge is 0.273 e. The molecule has 0 radical (unpaired) electrons. The molecule has 0 saturated heterocycles. The van der Waals surface area contributed by atoms with Crippen molar-refractivity contribution < 1.29 is 17.6 Å². The number of nitrogens with one attached hydrogen (secondary N) is 2. The van der Waals surface area contributed by atoms with Crippen LogP contribution in [0.2, 0.25) is 0 Å². The lowest BCUT2D eigenvalue weighted by Gasteiger charge is -2.37. The van der Waals surface area contributed by atoms with Crippen molar-refractivity contribution in [2.24, 2.45) is 0 Å². The van der Waals surface area contributed by atoms with Crippen molar-refractivity contribution >= 4 is 21.6 Å². The number of hydrogen-bond acceptors (Lipinski definition) is 4. The molecule has 1 atom stereocenters. The molecule has 148 valence electrons. The van der Waals surface area contributed by atoms with Gasteiger partial charge in [0, 0.05) is 11.3 Å². The summed E-state index contributed by atoms with van der Waals surface area (Å²) < 4.78 is 40.3. The third-order valence-electron chi connectivity index (χ3n) is 4.68. The number of amides is 1. The van der Waals surface area contributed by atoms with E-state index in [4.69, 9.17) is 0 Å². The van der Waals surface area contributed by atoms with Crippen LogP contribution in [-0.4, -0.2) is 19.3 Å². The van der Waals surface area contributed by atoms with Crippen molar-refractivity contribution in [3.05, 3.63) is 95.3 Å². The Morgan fingerprint density at radius 2 is 1.62 bits per heavy atom. The molecule has 3 aromatic carbocycles. The van der Waals surface area contributed by atoms with Crippen LogP contribution in [0.3, 0.4) is 0 Å². The third kappa shape index (κ3) is 3.59. The Bertz CT molecular complexity index is 1180. The van der Waals surface area contributed by atoms with E-state index in [2.05, 4.69) is 10.1 Å². The Morgan fingerprint density at radius 3 is 2.34 bits per heavy atom. The minimum atomic E-state index is -4.07. The van der Waals surface area contributed by atoms with Crippen molar-refractivity contribution in [2.75, 3.05) is 5.32 Å². The first-order valence-corrected chi connectivity index (χ1v) is 10.4. The second-order valence-electron chi connectivity index (χ2n) is 6.70. The number of sulfonamides is 1. The van der Waals surface area contributed by atoms with Gasteiger partial charge >= 0.3 is 0 Å². The number of hydrogen-bond donors (Lipinski definition) is 2. The van der Waals surface area contributed by atoms with Crippen LogP contribution in [0.4, 0.5) is 10.1 Å². The SMILES string of the molecule is Cc1ccc(S(=O)(=O)NN2C(=O)c3ccccc3N[C@H]2c2ccccc2F)cc1. The van der Waals surface area contributed by atoms with Gasteiger partial charge in [0.25, 0.3) is 15.9 Å². The summed E-state index contributed by atoms with van der Waals surface area (Å²) in [5.41, 5.74) is 1.82. The molecule has 0 bridgehead atoms. The molecule has 6 nitrogen and oxygen atoms in total. The fraction of sp³-hybridized carbons (Fsp3) is 0.0952. The summed E-state index contributed by atoms with van der Waals surface area (Å²) >= 11 is 0. The molecule has 29 heavy (non-hydrogen) atoms. The number of aryl methyl sites for hydroxylation is 1. The summed E-state index contributed by atoms with van der Waals surface area (Å²) in [5.74, 6) is -1.14. The maximum Gasteiger partial charge on any atom is 0.273 e. The zero-order chi connectivity index (χ0) is 20.6. The standard InChI is InChI=1S/C21H18FN3O3S/c1-14-10-12-15(13-11-14)29(27,28)24-25-20(16-6-2-4-8-18(16)22)23-19-9-5-3-7-17(19)21(25)26/h2-13,20,23-24H,1H3/t20-/m1/s1. The number of para-hydroxylation sites is 1. The van der Waals surface area contributed by atoms with Gasteiger partial charge < -0.3 is 5.32 Å². The minimum absolute atomic E-state index is 0.00189. The monoisotopic (exact) mass is 411 g/mol. The molecule has 8 heteroatoms. The number of hydrazine groups is 1. The Kier molecular flexibility index (Phi) is 4.81.